The van der Waals surface area contributed by atoms with Crippen LogP contribution in [0.2, 0.25) is 0 Å². The molecule has 0 spiro atoms. The van der Waals surface area contributed by atoms with Crippen LogP contribution in [0.1, 0.15) is 213 Å². The Hall–Kier alpha value is -4.00. The van der Waals surface area contributed by atoms with E-state index < -0.39 is 77.0 Å². The summed E-state index contributed by atoms with van der Waals surface area (Å²) in [4.78, 5) is 0. The summed E-state index contributed by atoms with van der Waals surface area (Å²) >= 11 is 0. The van der Waals surface area contributed by atoms with Crippen LogP contribution in [0.3, 0.4) is 0 Å². The number of sulfonamides is 3. The molecular weight excluding hydrogens is 1460 g/mol. The molecule has 0 radical (unpaired) electrons. The molecule has 0 aliphatic carbocycles. The minimum Gasteiger partial charge on any atom is -0.269 e. The number of hydrogen-bond donors (Lipinski definition) is 0. The van der Waals surface area contributed by atoms with Gasteiger partial charge in [-0.3, -0.25) is 8.51 Å². The third kappa shape index (κ3) is 36.6. The van der Waals surface area contributed by atoms with Crippen LogP contribution in [0.5, 0.6) is 0 Å². The third-order valence-corrected chi connectivity index (χ3v) is 27.9. The number of anilines is 1. The first-order chi connectivity index (χ1) is 46.2. The third-order valence-electron chi connectivity index (χ3n) is 17.0. The van der Waals surface area contributed by atoms with Crippen molar-refractivity contribution in [3.8, 4) is 0 Å². The van der Waals surface area contributed by atoms with Crippen LogP contribution in [0, 0.1) is 27.1 Å². The van der Waals surface area contributed by atoms with Gasteiger partial charge in [-0.05, 0) is 106 Å². The maximum Gasteiger partial charge on any atom is 0.394 e. The minimum atomic E-state index is -4.12. The number of rotatable bonds is 7. The van der Waals surface area contributed by atoms with E-state index in [0.717, 1.165) is 32.7 Å². The topological polar surface area (TPSA) is 210 Å². The number of halogens is 3. The number of para-hydroxylation sites is 1. The van der Waals surface area contributed by atoms with Gasteiger partial charge in [-0.15, -0.1) is 0 Å². The van der Waals surface area contributed by atoms with E-state index in [2.05, 4.69) is 168 Å². The van der Waals surface area contributed by atoms with Crippen molar-refractivity contribution in [1.29, 1.82) is 0 Å². The van der Waals surface area contributed by atoms with Crippen LogP contribution in [0.25, 0.3) is 0 Å². The zero-order valence-electron chi connectivity index (χ0n) is 69.2. The van der Waals surface area contributed by atoms with Gasteiger partial charge in [0.1, 0.15) is 0 Å². The van der Waals surface area contributed by atoms with Crippen LogP contribution >= 0.6 is 0 Å². The average molecular weight is 1600 g/mol. The van der Waals surface area contributed by atoms with Crippen LogP contribution in [-0.4, -0.2) is 185 Å². The quantitative estimate of drug-likeness (QED) is 0.159. The molecule has 18 nitrogen and oxygen atoms in total. The summed E-state index contributed by atoms with van der Waals surface area (Å²) < 4.78 is 171. The summed E-state index contributed by atoms with van der Waals surface area (Å²) in [5.41, 5.74) is 6.73. The lowest BCUT2D eigenvalue weighted by Crippen LogP contribution is -2.43. The Bertz CT molecular complexity index is 3910. The molecule has 4 aliphatic heterocycles. The maximum absolute atomic E-state index is 12.3. The first-order valence-corrected chi connectivity index (χ1v) is 44.7. The molecule has 610 valence electrons. The smallest absolute Gasteiger partial charge is 0.269 e. The standard InChI is InChI=1S/C13H18OS.C12H17NO2S.2C10H14.C8H15F3.C8H20N2O2S.C8H17NO2S.C4H12N2O2S.C4H9NO2S.CH4/c1-13(2,3)12-6-5-10-8-15(4,14)9-11(10)7-12;1-12(2,3)9-13-11-7-5-4-6-10(11)8-16(13,14)15;2*1-10(2,3)9-7-5-4-6-8-9;1-6(2,3)7(4,5)8(9,10)11;1-8(2,3)7-10(6)13(11,12)9(4)5;1-8(2,3)7-9-5-4-6-12(9,10)11;1-5(2)9(7,8)6(3)4;1-5-3-2-4-8(5,6)7;/h5-7H,4,8-9H2,1-3H3;4-7H,8-9H2,1-3H3;2*4-8H,1-3H3;1-5H3;7H2,1-6H3;4-7H2,1-3H3;1-4H3;2-4H2,1H3;1H4. The lowest BCUT2D eigenvalue weighted by atomic mass is 9.69. The van der Waals surface area contributed by atoms with Crippen LogP contribution < -0.4 is 4.31 Å². The molecule has 4 aromatic rings. The average Bonchev–Trinajstić information content (AvgIpc) is 1.77. The molecule has 4 aromatic carbocycles. The maximum atomic E-state index is 12.3. The van der Waals surface area contributed by atoms with Gasteiger partial charge >= 0.3 is 6.18 Å². The Labute approximate surface area is 640 Å². The number of fused-ring (bicyclic) bond motifs is 2. The van der Waals surface area contributed by atoms with E-state index in [9.17, 15) is 59.5 Å². The van der Waals surface area contributed by atoms with Crippen molar-refractivity contribution in [2.75, 3.05) is 105 Å². The fourth-order valence-corrected chi connectivity index (χ4v) is 18.1. The van der Waals surface area contributed by atoms with Gasteiger partial charge in [-0.1, -0.05) is 264 Å². The second-order valence-corrected chi connectivity index (χ2v) is 49.1. The van der Waals surface area contributed by atoms with Gasteiger partial charge < -0.3 is 0 Å². The highest BCUT2D eigenvalue weighted by Crippen LogP contribution is 2.50. The number of alkyl halides is 3. The highest BCUT2D eigenvalue weighted by Gasteiger charge is 2.54. The molecule has 1 atom stereocenters. The fraction of sp³-hybridized carbons (Fsp3) is 0.679. The summed E-state index contributed by atoms with van der Waals surface area (Å²) in [7, 11) is -4.82. The summed E-state index contributed by atoms with van der Waals surface area (Å²) in [6.07, 6.45) is -2.54. The molecule has 0 amide bonds. The predicted octanol–water partition coefficient (Wildman–Crippen LogP) is 16.2. The summed E-state index contributed by atoms with van der Waals surface area (Å²) in [5, 5.41) is 0. The van der Waals surface area contributed by atoms with Crippen molar-refractivity contribution >= 4 is 71.6 Å². The first kappa shape index (κ1) is 103. The minimum absolute atomic E-state index is 0. The molecule has 0 aromatic heterocycles. The van der Waals surface area contributed by atoms with Gasteiger partial charge in [-0.25, -0.2) is 33.9 Å². The molecule has 105 heavy (non-hydrogen) atoms. The number of hydrogen-bond acceptors (Lipinski definition) is 11. The zero-order chi connectivity index (χ0) is 82.1. The molecule has 4 aliphatic rings. The van der Waals surface area contributed by atoms with Gasteiger partial charge in [0, 0.05) is 101 Å². The predicted molar refractivity (Wildman–Crippen MR) is 441 cm³/mol. The Morgan fingerprint density at radius 1 is 0.438 bits per heavy atom. The van der Waals surface area contributed by atoms with Crippen molar-refractivity contribution in [3.63, 3.8) is 0 Å². The number of nitrogens with zero attached hydrogens (tertiary/aromatic N) is 7. The van der Waals surface area contributed by atoms with Crippen LogP contribution in [-0.2, 0) is 93.5 Å². The van der Waals surface area contributed by atoms with E-state index >= 15 is 0 Å². The van der Waals surface area contributed by atoms with E-state index in [0.29, 0.717) is 66.6 Å². The van der Waals surface area contributed by atoms with Crippen LogP contribution in [0.15, 0.2) is 103 Å². The Morgan fingerprint density at radius 3 is 1.10 bits per heavy atom. The summed E-state index contributed by atoms with van der Waals surface area (Å²) in [6, 6.07) is 35.1. The van der Waals surface area contributed by atoms with Crippen LogP contribution in [0.4, 0.5) is 18.9 Å². The zero-order valence-corrected chi connectivity index (χ0v) is 74.1. The highest BCUT2D eigenvalue weighted by molar-refractivity contribution is 7.99. The largest absolute Gasteiger partial charge is 0.394 e. The van der Waals surface area contributed by atoms with Gasteiger partial charge in [0.05, 0.1) is 28.4 Å². The van der Waals surface area contributed by atoms with Crippen molar-refractivity contribution < 1.29 is 59.5 Å². The molecule has 8 rings (SSSR count). The van der Waals surface area contributed by atoms with Gasteiger partial charge in [-0.2, -0.15) is 47.2 Å². The second-order valence-electron chi connectivity index (χ2n) is 35.8. The van der Waals surface area contributed by atoms with E-state index in [4.69, 9.17) is 0 Å². The molecule has 0 saturated carbocycles. The Morgan fingerprint density at radius 2 is 0.819 bits per heavy atom. The fourth-order valence-electron chi connectivity index (χ4n) is 9.72. The molecule has 0 N–H and O–H groups in total. The lowest BCUT2D eigenvalue weighted by molar-refractivity contribution is -0.243. The van der Waals surface area contributed by atoms with Crippen molar-refractivity contribution in [1.82, 2.24) is 25.8 Å². The van der Waals surface area contributed by atoms with E-state index in [1.807, 2.05) is 65.8 Å². The highest BCUT2D eigenvalue weighted by atomic mass is 32.2. The molecule has 27 heteroatoms. The molecule has 4 heterocycles. The van der Waals surface area contributed by atoms with E-state index in [1.165, 1.54) is 96.9 Å². The molecular formula is C78H140F3N7O11S6. The van der Waals surface area contributed by atoms with Gasteiger partial charge in [0.2, 0.25) is 30.1 Å². The molecule has 2 fully saturated rings. The lowest BCUT2D eigenvalue weighted by Gasteiger charge is -2.40. The normalized spacial score (nSPS) is 18.1. The Kier molecular flexibility index (Phi) is 39.0. The number of benzene rings is 4. The molecule has 0 bridgehead atoms. The van der Waals surface area contributed by atoms with Crippen molar-refractivity contribution in [2.24, 2.45) is 27.1 Å². The van der Waals surface area contributed by atoms with Gasteiger partial charge in [0.25, 0.3) is 20.4 Å². The Balaban J connectivity index is 0. The SMILES string of the molecule is C.C=S1(=O)Cc2ccc(C(C)(C)C)cc2C1.CC(C)(C)C(C)(C)C(F)(F)F.CC(C)(C)CN1CCCS1(=O)=O.CC(C)(C)CN1c2ccccc2CS1(=O)=O.CC(C)(C)c1ccccc1.CC(C)(C)c1ccccc1.CN(C)S(=O)(=O)N(C)C.CN(C)S(=O)(=O)N(C)CC(C)(C)C.CN1CCCS1(=O)=O. The van der Waals surface area contributed by atoms with E-state index in [1.54, 1.807) is 43.5 Å². The van der Waals surface area contributed by atoms with Crippen molar-refractivity contribution in [3.05, 3.63) is 137 Å². The summed E-state index contributed by atoms with van der Waals surface area (Å²) in [5.74, 6) is 5.93. The molecule has 1 unspecified atom stereocenters. The van der Waals surface area contributed by atoms with E-state index in [-0.39, 0.29) is 34.8 Å². The first-order valence-electron chi connectivity index (χ1n) is 35.1. The van der Waals surface area contributed by atoms with Gasteiger partial charge in [0.15, 0.2) is 0 Å². The second kappa shape index (κ2) is 39.8. The van der Waals surface area contributed by atoms with Crippen molar-refractivity contribution in [2.45, 2.75) is 219 Å². The molecule has 2 saturated heterocycles. The summed E-state index contributed by atoms with van der Waals surface area (Å²) in [6.45, 7) is 48.6. The monoisotopic (exact) mass is 1600 g/mol.